The molecule has 1 unspecified atom stereocenters. The second-order valence-corrected chi connectivity index (χ2v) is 5.69. The molecule has 0 aliphatic rings. The van der Waals surface area contributed by atoms with Gasteiger partial charge < -0.3 is 10.5 Å². The third kappa shape index (κ3) is 3.47. The summed E-state index contributed by atoms with van der Waals surface area (Å²) < 4.78 is 5.44. The van der Waals surface area contributed by atoms with Gasteiger partial charge in [0.05, 0.1) is 7.11 Å². The fraction of sp³-hybridized carbons (Fsp3) is 0.600. The van der Waals surface area contributed by atoms with Crippen molar-refractivity contribution in [3.05, 3.63) is 29.3 Å². The highest BCUT2D eigenvalue weighted by Crippen LogP contribution is 2.34. The van der Waals surface area contributed by atoms with Crippen LogP contribution in [-0.2, 0) is 5.41 Å². The van der Waals surface area contributed by atoms with Crippen molar-refractivity contribution in [3.8, 4) is 5.75 Å². The van der Waals surface area contributed by atoms with E-state index in [1.54, 1.807) is 7.11 Å². The molecule has 0 amide bonds. The maximum Gasteiger partial charge on any atom is 0.122 e. The fourth-order valence-electron chi connectivity index (χ4n) is 2.03. The monoisotopic (exact) mass is 235 g/mol. The van der Waals surface area contributed by atoms with Gasteiger partial charge in [0, 0.05) is 0 Å². The van der Waals surface area contributed by atoms with Crippen molar-refractivity contribution >= 4 is 0 Å². The van der Waals surface area contributed by atoms with Gasteiger partial charge in [-0.1, -0.05) is 39.8 Å². The molecule has 0 bridgehead atoms. The zero-order valence-corrected chi connectivity index (χ0v) is 11.7. The largest absolute Gasteiger partial charge is 0.496 e. The van der Waals surface area contributed by atoms with Crippen LogP contribution in [0.15, 0.2) is 18.2 Å². The van der Waals surface area contributed by atoms with Crippen molar-refractivity contribution in [2.75, 3.05) is 13.7 Å². The van der Waals surface area contributed by atoms with Gasteiger partial charge in [-0.05, 0) is 41.5 Å². The molecule has 17 heavy (non-hydrogen) atoms. The van der Waals surface area contributed by atoms with E-state index < -0.39 is 0 Å². The molecule has 96 valence electrons. The molecule has 0 radical (unpaired) electrons. The van der Waals surface area contributed by atoms with Crippen molar-refractivity contribution in [1.29, 1.82) is 0 Å². The lowest BCUT2D eigenvalue weighted by Crippen LogP contribution is -2.14. The van der Waals surface area contributed by atoms with Crippen molar-refractivity contribution in [2.24, 2.45) is 5.73 Å². The number of benzene rings is 1. The van der Waals surface area contributed by atoms with Crippen molar-refractivity contribution in [3.63, 3.8) is 0 Å². The van der Waals surface area contributed by atoms with Crippen LogP contribution in [0.2, 0.25) is 0 Å². The summed E-state index contributed by atoms with van der Waals surface area (Å²) in [5.41, 5.74) is 8.34. The molecule has 1 aromatic carbocycles. The van der Waals surface area contributed by atoms with Crippen LogP contribution in [-0.4, -0.2) is 13.7 Å². The van der Waals surface area contributed by atoms with E-state index in [-0.39, 0.29) is 5.41 Å². The van der Waals surface area contributed by atoms with Crippen molar-refractivity contribution in [1.82, 2.24) is 0 Å². The van der Waals surface area contributed by atoms with Crippen LogP contribution in [0.4, 0.5) is 0 Å². The van der Waals surface area contributed by atoms with Crippen molar-refractivity contribution in [2.45, 2.75) is 45.4 Å². The van der Waals surface area contributed by atoms with E-state index in [0.29, 0.717) is 5.92 Å². The summed E-state index contributed by atoms with van der Waals surface area (Å²) in [6.45, 7) is 9.59. The number of hydrogen-bond donors (Lipinski definition) is 1. The third-order valence-corrected chi connectivity index (χ3v) is 3.20. The average molecular weight is 235 g/mol. The summed E-state index contributed by atoms with van der Waals surface area (Å²) in [7, 11) is 1.73. The summed E-state index contributed by atoms with van der Waals surface area (Å²) in [6.07, 6.45) is 1.02. The minimum absolute atomic E-state index is 0.101. The molecular formula is C15H25NO. The topological polar surface area (TPSA) is 35.2 Å². The van der Waals surface area contributed by atoms with Crippen LogP contribution < -0.4 is 10.5 Å². The quantitative estimate of drug-likeness (QED) is 0.867. The molecule has 0 saturated carbocycles. The molecule has 2 N–H and O–H groups in total. The maximum absolute atomic E-state index is 5.62. The Morgan fingerprint density at radius 1 is 1.29 bits per heavy atom. The van der Waals surface area contributed by atoms with Gasteiger partial charge in [0.25, 0.3) is 0 Å². The van der Waals surface area contributed by atoms with Gasteiger partial charge in [-0.2, -0.15) is 0 Å². The van der Waals surface area contributed by atoms with Gasteiger partial charge in [0.15, 0.2) is 0 Å². The smallest absolute Gasteiger partial charge is 0.122 e. The molecule has 0 fully saturated rings. The van der Waals surface area contributed by atoms with E-state index in [1.807, 2.05) is 0 Å². The zero-order valence-electron chi connectivity index (χ0n) is 11.7. The first-order valence-electron chi connectivity index (χ1n) is 6.28. The molecule has 0 saturated heterocycles. The Hall–Kier alpha value is -1.02. The highest BCUT2D eigenvalue weighted by molar-refractivity contribution is 5.42. The summed E-state index contributed by atoms with van der Waals surface area (Å²) in [5, 5.41) is 0. The maximum atomic E-state index is 5.62. The second-order valence-electron chi connectivity index (χ2n) is 5.69. The Kier molecular flexibility index (Phi) is 4.58. The lowest BCUT2D eigenvalue weighted by molar-refractivity contribution is 0.397. The first-order chi connectivity index (χ1) is 7.90. The highest BCUT2D eigenvalue weighted by atomic mass is 16.5. The van der Waals surface area contributed by atoms with E-state index in [1.165, 1.54) is 11.1 Å². The molecule has 0 aromatic heterocycles. The van der Waals surface area contributed by atoms with E-state index in [9.17, 15) is 0 Å². The van der Waals surface area contributed by atoms with Crippen molar-refractivity contribution < 1.29 is 4.74 Å². The predicted molar refractivity (Wildman–Crippen MR) is 73.8 cm³/mol. The molecular weight excluding hydrogens is 210 g/mol. The summed E-state index contributed by atoms with van der Waals surface area (Å²) >= 11 is 0. The SMILES string of the molecule is COc1ccc(C(C)CCN)cc1C(C)(C)C. The van der Waals surface area contributed by atoms with Gasteiger partial charge in [-0.25, -0.2) is 0 Å². The van der Waals surface area contributed by atoms with Gasteiger partial charge in [-0.3, -0.25) is 0 Å². The highest BCUT2D eigenvalue weighted by Gasteiger charge is 2.20. The Morgan fingerprint density at radius 2 is 1.94 bits per heavy atom. The lowest BCUT2D eigenvalue weighted by atomic mass is 9.83. The van der Waals surface area contributed by atoms with Crippen LogP contribution in [0.3, 0.4) is 0 Å². The predicted octanol–water partition coefficient (Wildman–Crippen LogP) is 3.45. The number of hydrogen-bond acceptors (Lipinski definition) is 2. The molecule has 2 nitrogen and oxygen atoms in total. The van der Waals surface area contributed by atoms with Crippen LogP contribution in [0.1, 0.15) is 51.2 Å². The Labute approximate surface area is 105 Å². The second kappa shape index (κ2) is 5.54. The number of rotatable bonds is 4. The zero-order chi connectivity index (χ0) is 13.1. The average Bonchev–Trinajstić information content (AvgIpc) is 2.27. The van der Waals surface area contributed by atoms with Gasteiger partial charge in [0.1, 0.15) is 5.75 Å². The van der Waals surface area contributed by atoms with E-state index in [2.05, 4.69) is 45.9 Å². The van der Waals surface area contributed by atoms with E-state index in [4.69, 9.17) is 10.5 Å². The van der Waals surface area contributed by atoms with E-state index in [0.717, 1.165) is 18.7 Å². The van der Waals surface area contributed by atoms with Crippen LogP contribution >= 0.6 is 0 Å². The third-order valence-electron chi connectivity index (χ3n) is 3.20. The van der Waals surface area contributed by atoms with Gasteiger partial charge >= 0.3 is 0 Å². The Bertz CT molecular complexity index is 366. The molecule has 0 heterocycles. The summed E-state index contributed by atoms with van der Waals surface area (Å²) in [6, 6.07) is 6.48. The Balaban J connectivity index is 3.13. The van der Waals surface area contributed by atoms with Crippen LogP contribution in [0, 0.1) is 0 Å². The number of methoxy groups -OCH3 is 1. The molecule has 1 aromatic rings. The minimum atomic E-state index is 0.101. The minimum Gasteiger partial charge on any atom is -0.496 e. The Morgan fingerprint density at radius 3 is 2.41 bits per heavy atom. The summed E-state index contributed by atoms with van der Waals surface area (Å²) in [4.78, 5) is 0. The molecule has 0 aliphatic carbocycles. The summed E-state index contributed by atoms with van der Waals surface area (Å²) in [5.74, 6) is 1.48. The lowest BCUT2D eigenvalue weighted by Gasteiger charge is -2.24. The normalized spacial score (nSPS) is 13.5. The van der Waals surface area contributed by atoms with Gasteiger partial charge in [0.2, 0.25) is 0 Å². The van der Waals surface area contributed by atoms with Crippen LogP contribution in [0.5, 0.6) is 5.75 Å². The molecule has 0 spiro atoms. The first kappa shape index (κ1) is 14.0. The van der Waals surface area contributed by atoms with E-state index >= 15 is 0 Å². The molecule has 1 atom stereocenters. The molecule has 1 rings (SSSR count). The van der Waals surface area contributed by atoms with Crippen LogP contribution in [0.25, 0.3) is 0 Å². The number of ether oxygens (including phenoxy) is 1. The fourth-order valence-corrected chi connectivity index (χ4v) is 2.03. The molecule has 0 aliphatic heterocycles. The number of nitrogens with two attached hydrogens (primary N) is 1. The standard InChI is InChI=1S/C15H25NO/c1-11(8-9-16)12-6-7-14(17-5)13(10-12)15(2,3)4/h6-7,10-11H,8-9,16H2,1-5H3. The van der Waals surface area contributed by atoms with Gasteiger partial charge in [-0.15, -0.1) is 0 Å². The molecule has 2 heteroatoms. The first-order valence-corrected chi connectivity index (χ1v) is 6.28.